The molecule has 2 heterocycles. The van der Waals surface area contributed by atoms with Crippen LogP contribution >= 0.6 is 0 Å². The van der Waals surface area contributed by atoms with E-state index in [0.29, 0.717) is 0 Å². The Morgan fingerprint density at radius 3 is 2.29 bits per heavy atom. The van der Waals surface area contributed by atoms with Crippen LogP contribution in [0, 0.1) is 5.92 Å². The fourth-order valence-electron chi connectivity index (χ4n) is 5.00. The normalized spacial score (nSPS) is 37.7. The molecule has 4 aliphatic rings. The molecule has 0 radical (unpaired) electrons. The van der Waals surface area contributed by atoms with Crippen molar-refractivity contribution in [2.45, 2.75) is 75.9 Å². The molecular formula is C18H33N3. The van der Waals surface area contributed by atoms with Gasteiger partial charge in [-0.3, -0.25) is 9.80 Å². The third kappa shape index (κ3) is 3.46. The number of nitrogens with one attached hydrogen (secondary N) is 1. The van der Waals surface area contributed by atoms with Gasteiger partial charge in [0.15, 0.2) is 0 Å². The summed E-state index contributed by atoms with van der Waals surface area (Å²) in [5, 5.41) is 3.90. The van der Waals surface area contributed by atoms with E-state index in [-0.39, 0.29) is 0 Å². The van der Waals surface area contributed by atoms with Gasteiger partial charge in [-0.15, -0.1) is 0 Å². The van der Waals surface area contributed by atoms with E-state index < -0.39 is 0 Å². The van der Waals surface area contributed by atoms with Crippen LogP contribution in [0.4, 0.5) is 0 Å². The second-order valence-electron chi connectivity index (χ2n) is 7.98. The third-order valence-electron chi connectivity index (χ3n) is 6.45. The third-order valence-corrected chi connectivity index (χ3v) is 6.45. The molecule has 2 atom stereocenters. The van der Waals surface area contributed by atoms with Crippen molar-refractivity contribution in [2.75, 3.05) is 32.7 Å². The van der Waals surface area contributed by atoms with Gasteiger partial charge in [-0.25, -0.2) is 0 Å². The Labute approximate surface area is 130 Å². The van der Waals surface area contributed by atoms with Crippen molar-refractivity contribution in [3.05, 3.63) is 0 Å². The fourth-order valence-corrected chi connectivity index (χ4v) is 5.00. The van der Waals surface area contributed by atoms with Crippen molar-refractivity contribution < 1.29 is 0 Å². The van der Waals surface area contributed by atoms with Gasteiger partial charge in [0.2, 0.25) is 0 Å². The Morgan fingerprint density at radius 2 is 1.48 bits per heavy atom. The smallest absolute Gasteiger partial charge is 0.0236 e. The molecule has 120 valence electrons. The molecule has 2 saturated carbocycles. The summed E-state index contributed by atoms with van der Waals surface area (Å²) in [6, 6.07) is 2.61. The summed E-state index contributed by atoms with van der Waals surface area (Å²) >= 11 is 0. The summed E-state index contributed by atoms with van der Waals surface area (Å²) in [6.45, 7) is 6.64. The number of hydrogen-bond donors (Lipinski definition) is 1. The van der Waals surface area contributed by atoms with Crippen LogP contribution < -0.4 is 5.32 Å². The summed E-state index contributed by atoms with van der Waals surface area (Å²) < 4.78 is 0. The van der Waals surface area contributed by atoms with E-state index in [1.165, 1.54) is 90.5 Å². The van der Waals surface area contributed by atoms with Gasteiger partial charge in [0.05, 0.1) is 0 Å². The molecule has 3 nitrogen and oxygen atoms in total. The van der Waals surface area contributed by atoms with Crippen LogP contribution in [0.3, 0.4) is 0 Å². The number of hydrogen-bond acceptors (Lipinski definition) is 3. The molecule has 1 N–H and O–H groups in total. The molecule has 2 saturated heterocycles. The average molecular weight is 291 g/mol. The molecule has 0 amide bonds. The highest BCUT2D eigenvalue weighted by Gasteiger charge is 2.37. The Kier molecular flexibility index (Phi) is 4.52. The van der Waals surface area contributed by atoms with Crippen LogP contribution in [0.15, 0.2) is 0 Å². The van der Waals surface area contributed by atoms with Gasteiger partial charge in [-0.05, 0) is 57.5 Å². The SMILES string of the molecule is C1CCC(C2CN(C3CCN(C4CC4)C3)CCCN2)CC1. The van der Waals surface area contributed by atoms with Crippen molar-refractivity contribution in [2.24, 2.45) is 5.92 Å². The summed E-state index contributed by atoms with van der Waals surface area (Å²) in [5.41, 5.74) is 0. The zero-order valence-corrected chi connectivity index (χ0v) is 13.6. The first kappa shape index (κ1) is 14.5. The zero-order valence-electron chi connectivity index (χ0n) is 13.6. The maximum absolute atomic E-state index is 3.90. The molecule has 4 fully saturated rings. The van der Waals surface area contributed by atoms with E-state index >= 15 is 0 Å². The Bertz CT molecular complexity index is 335. The molecule has 2 unspecified atom stereocenters. The summed E-state index contributed by atoms with van der Waals surface area (Å²) in [4.78, 5) is 5.64. The number of likely N-dealkylation sites (tertiary alicyclic amines) is 1. The minimum Gasteiger partial charge on any atom is -0.312 e. The van der Waals surface area contributed by atoms with Crippen molar-refractivity contribution in [3.8, 4) is 0 Å². The van der Waals surface area contributed by atoms with Gasteiger partial charge in [0, 0.05) is 37.8 Å². The summed E-state index contributed by atoms with van der Waals surface area (Å²) in [5.74, 6) is 0.959. The lowest BCUT2D eigenvalue weighted by Gasteiger charge is -2.35. The van der Waals surface area contributed by atoms with Gasteiger partial charge >= 0.3 is 0 Å². The standard InChI is InChI=1S/C18H33N3/c1-2-5-15(6-3-1)18-14-20(11-4-10-19-18)17-9-12-21(13-17)16-7-8-16/h15-19H,1-14H2. The summed E-state index contributed by atoms with van der Waals surface area (Å²) in [6.07, 6.45) is 13.1. The van der Waals surface area contributed by atoms with E-state index in [9.17, 15) is 0 Å². The van der Waals surface area contributed by atoms with Crippen LogP contribution in [0.2, 0.25) is 0 Å². The second kappa shape index (κ2) is 6.55. The highest BCUT2D eigenvalue weighted by atomic mass is 15.3. The molecule has 21 heavy (non-hydrogen) atoms. The van der Waals surface area contributed by atoms with Crippen LogP contribution in [-0.4, -0.2) is 60.6 Å². The first-order chi connectivity index (χ1) is 10.4. The second-order valence-corrected chi connectivity index (χ2v) is 7.98. The number of nitrogens with zero attached hydrogens (tertiary/aromatic N) is 2. The Hall–Kier alpha value is -0.120. The van der Waals surface area contributed by atoms with Crippen molar-refractivity contribution in [3.63, 3.8) is 0 Å². The quantitative estimate of drug-likeness (QED) is 0.862. The predicted octanol–water partition coefficient (Wildman–Crippen LogP) is 2.47. The van der Waals surface area contributed by atoms with Gasteiger partial charge in [0.1, 0.15) is 0 Å². The lowest BCUT2D eigenvalue weighted by Crippen LogP contribution is -2.47. The van der Waals surface area contributed by atoms with E-state index in [4.69, 9.17) is 0 Å². The first-order valence-corrected chi connectivity index (χ1v) is 9.61. The predicted molar refractivity (Wildman–Crippen MR) is 87.6 cm³/mol. The molecule has 0 bridgehead atoms. The van der Waals surface area contributed by atoms with Crippen molar-refractivity contribution in [1.82, 2.24) is 15.1 Å². The van der Waals surface area contributed by atoms with Crippen LogP contribution in [0.1, 0.15) is 57.8 Å². The van der Waals surface area contributed by atoms with Gasteiger partial charge in [-0.2, -0.15) is 0 Å². The molecule has 0 aromatic rings. The van der Waals surface area contributed by atoms with Crippen molar-refractivity contribution >= 4 is 0 Å². The van der Waals surface area contributed by atoms with E-state index in [2.05, 4.69) is 15.1 Å². The molecule has 0 aromatic carbocycles. The van der Waals surface area contributed by atoms with Crippen LogP contribution in [-0.2, 0) is 0 Å². The fraction of sp³-hybridized carbons (Fsp3) is 1.00. The minimum absolute atomic E-state index is 0.780. The Balaban J connectivity index is 1.35. The lowest BCUT2D eigenvalue weighted by atomic mass is 9.83. The van der Waals surface area contributed by atoms with Crippen LogP contribution in [0.25, 0.3) is 0 Å². The largest absolute Gasteiger partial charge is 0.312 e. The highest BCUT2D eigenvalue weighted by molar-refractivity contribution is 4.95. The molecule has 4 rings (SSSR count). The first-order valence-electron chi connectivity index (χ1n) is 9.61. The van der Waals surface area contributed by atoms with Crippen LogP contribution in [0.5, 0.6) is 0 Å². The van der Waals surface area contributed by atoms with Crippen molar-refractivity contribution in [1.29, 1.82) is 0 Å². The van der Waals surface area contributed by atoms with Gasteiger partial charge in [0.25, 0.3) is 0 Å². The lowest BCUT2D eigenvalue weighted by molar-refractivity contribution is 0.160. The molecule has 0 spiro atoms. The molecular weight excluding hydrogens is 258 g/mol. The number of rotatable bonds is 3. The zero-order chi connectivity index (χ0) is 14.1. The summed E-state index contributed by atoms with van der Waals surface area (Å²) in [7, 11) is 0. The monoisotopic (exact) mass is 291 g/mol. The van der Waals surface area contributed by atoms with E-state index in [1.54, 1.807) is 0 Å². The maximum atomic E-state index is 3.90. The topological polar surface area (TPSA) is 18.5 Å². The average Bonchev–Trinajstić information content (AvgIpc) is 3.31. The van der Waals surface area contributed by atoms with E-state index in [1.807, 2.05) is 0 Å². The Morgan fingerprint density at radius 1 is 0.667 bits per heavy atom. The molecule has 0 aromatic heterocycles. The molecule has 2 aliphatic carbocycles. The minimum atomic E-state index is 0.780. The van der Waals surface area contributed by atoms with Gasteiger partial charge < -0.3 is 5.32 Å². The molecule has 2 aliphatic heterocycles. The maximum Gasteiger partial charge on any atom is 0.0236 e. The highest BCUT2D eigenvalue weighted by Crippen LogP contribution is 2.32. The van der Waals surface area contributed by atoms with Gasteiger partial charge in [-0.1, -0.05) is 19.3 Å². The van der Waals surface area contributed by atoms with E-state index in [0.717, 1.165) is 24.0 Å². The molecule has 3 heteroatoms.